The molecule has 0 aliphatic rings. The van der Waals surface area contributed by atoms with Crippen molar-refractivity contribution in [3.05, 3.63) is 70.1 Å². The Bertz CT molecular complexity index is 1260. The van der Waals surface area contributed by atoms with Gasteiger partial charge in [0.2, 0.25) is 15.9 Å². The molecule has 0 saturated carbocycles. The number of carbonyl (C=O) groups is 1. The van der Waals surface area contributed by atoms with E-state index in [1.807, 2.05) is 0 Å². The Balaban J connectivity index is 1.66. The Labute approximate surface area is 176 Å². The molecule has 0 aliphatic carbocycles. The molecular weight excluding hydrogens is 428 g/mol. The van der Waals surface area contributed by atoms with Crippen molar-refractivity contribution in [3.8, 4) is 23.8 Å². The quantitative estimate of drug-likeness (QED) is 0.238. The summed E-state index contributed by atoms with van der Waals surface area (Å²) in [5.41, 5.74) is 0.364. The molecule has 0 saturated heterocycles. The number of hydrogen-bond donors (Lipinski definition) is 1. The molecule has 1 aromatic heterocycles. The number of nitro groups is 1. The van der Waals surface area contributed by atoms with E-state index in [4.69, 9.17) is 15.6 Å². The lowest BCUT2D eigenvalue weighted by molar-refractivity contribution is -0.384. The zero-order valence-electron chi connectivity index (χ0n) is 15.7. The third-order valence-electron chi connectivity index (χ3n) is 3.86. The van der Waals surface area contributed by atoms with Gasteiger partial charge in [0.15, 0.2) is 6.61 Å². The van der Waals surface area contributed by atoms with Crippen molar-refractivity contribution in [1.29, 1.82) is 0 Å². The number of ether oxygens (including phenoxy) is 1. The number of non-ortho nitro benzene ring substituents is 1. The second kappa shape index (κ2) is 9.16. The van der Waals surface area contributed by atoms with Crippen molar-refractivity contribution in [2.75, 3.05) is 6.54 Å². The molecule has 0 spiro atoms. The SMILES string of the molecule is C#CCNS(=O)(=O)c1cccc(C(=O)OCc2nnc(-c3ccc([N+](=O)[O-])cc3)o2)c1. The fourth-order valence-corrected chi connectivity index (χ4v) is 3.36. The monoisotopic (exact) mass is 442 g/mol. The van der Waals surface area contributed by atoms with Gasteiger partial charge in [-0.1, -0.05) is 12.0 Å². The molecule has 1 heterocycles. The molecule has 11 nitrogen and oxygen atoms in total. The van der Waals surface area contributed by atoms with Crippen LogP contribution in [-0.4, -0.2) is 36.1 Å². The first kappa shape index (κ1) is 21.6. The van der Waals surface area contributed by atoms with Gasteiger partial charge in [-0.15, -0.1) is 16.6 Å². The first-order chi connectivity index (χ1) is 14.8. The van der Waals surface area contributed by atoms with Crippen molar-refractivity contribution in [2.45, 2.75) is 11.5 Å². The predicted molar refractivity (Wildman–Crippen MR) is 106 cm³/mol. The Hall–Kier alpha value is -4.08. The predicted octanol–water partition coefficient (Wildman–Crippen LogP) is 1.91. The van der Waals surface area contributed by atoms with Gasteiger partial charge in [0, 0.05) is 17.7 Å². The van der Waals surface area contributed by atoms with E-state index in [9.17, 15) is 23.3 Å². The molecule has 0 atom stereocenters. The molecule has 0 fully saturated rings. The number of nitrogens with zero attached hydrogens (tertiary/aromatic N) is 3. The second-order valence-corrected chi connectivity index (χ2v) is 7.70. The van der Waals surface area contributed by atoms with Crippen LogP contribution in [0.25, 0.3) is 11.5 Å². The number of rotatable bonds is 8. The van der Waals surface area contributed by atoms with Crippen LogP contribution in [0.5, 0.6) is 0 Å². The molecule has 1 N–H and O–H groups in total. The number of hydrogen-bond acceptors (Lipinski definition) is 9. The number of esters is 1. The van der Waals surface area contributed by atoms with E-state index in [1.165, 1.54) is 42.5 Å². The molecule has 12 heteroatoms. The zero-order chi connectivity index (χ0) is 22.4. The first-order valence-electron chi connectivity index (χ1n) is 8.57. The summed E-state index contributed by atoms with van der Waals surface area (Å²) >= 11 is 0. The summed E-state index contributed by atoms with van der Waals surface area (Å²) in [5.74, 6) is 1.43. The van der Waals surface area contributed by atoms with Gasteiger partial charge in [-0.2, -0.15) is 4.72 Å². The van der Waals surface area contributed by atoms with Crippen LogP contribution in [0.1, 0.15) is 16.2 Å². The number of carbonyl (C=O) groups excluding carboxylic acids is 1. The van der Waals surface area contributed by atoms with Crippen LogP contribution in [0.4, 0.5) is 5.69 Å². The molecule has 158 valence electrons. The van der Waals surface area contributed by atoms with Crippen LogP contribution in [-0.2, 0) is 21.4 Å². The van der Waals surface area contributed by atoms with Crippen LogP contribution in [0, 0.1) is 22.5 Å². The highest BCUT2D eigenvalue weighted by Gasteiger charge is 2.17. The smallest absolute Gasteiger partial charge is 0.338 e. The summed E-state index contributed by atoms with van der Waals surface area (Å²) in [7, 11) is -3.86. The molecule has 3 rings (SSSR count). The number of terminal acetylenes is 1. The van der Waals surface area contributed by atoms with Crippen LogP contribution in [0.15, 0.2) is 57.8 Å². The molecular formula is C19H14N4O7S. The summed E-state index contributed by atoms with van der Waals surface area (Å²) < 4.78 is 36.9. The largest absolute Gasteiger partial charge is 0.452 e. The maximum atomic E-state index is 12.3. The fourth-order valence-electron chi connectivity index (χ4n) is 2.38. The average Bonchev–Trinajstić information content (AvgIpc) is 3.25. The molecule has 3 aromatic rings. The van der Waals surface area contributed by atoms with Crippen molar-refractivity contribution >= 4 is 21.7 Å². The molecule has 0 radical (unpaired) electrons. The second-order valence-electron chi connectivity index (χ2n) is 5.94. The number of nitro benzene ring substituents is 1. The van der Waals surface area contributed by atoms with E-state index in [2.05, 4.69) is 20.8 Å². The number of benzene rings is 2. The lowest BCUT2D eigenvalue weighted by atomic mass is 10.2. The topological polar surface area (TPSA) is 155 Å². The van der Waals surface area contributed by atoms with Crippen LogP contribution < -0.4 is 4.72 Å². The standard InChI is InChI=1S/C19H14N4O7S/c1-2-10-20-31(27,28)16-5-3-4-14(11-16)19(24)29-12-17-21-22-18(30-17)13-6-8-15(9-7-13)23(25)26/h1,3-9,11,20H,10,12H2. The highest BCUT2D eigenvalue weighted by Crippen LogP contribution is 2.21. The minimum Gasteiger partial charge on any atom is -0.452 e. The molecule has 0 unspecified atom stereocenters. The van der Waals surface area contributed by atoms with E-state index < -0.39 is 20.9 Å². The molecule has 2 aromatic carbocycles. The lowest BCUT2D eigenvalue weighted by Gasteiger charge is -2.06. The Morgan fingerprint density at radius 3 is 2.65 bits per heavy atom. The third-order valence-corrected chi connectivity index (χ3v) is 5.26. The maximum absolute atomic E-state index is 12.3. The first-order valence-corrected chi connectivity index (χ1v) is 10.1. The van der Waals surface area contributed by atoms with E-state index in [0.717, 1.165) is 6.07 Å². The van der Waals surface area contributed by atoms with Crippen molar-refractivity contribution in [3.63, 3.8) is 0 Å². The summed E-state index contributed by atoms with van der Waals surface area (Å²) in [5, 5.41) is 18.3. The summed E-state index contributed by atoms with van der Waals surface area (Å²) in [6.07, 6.45) is 5.05. The van der Waals surface area contributed by atoms with Gasteiger partial charge < -0.3 is 9.15 Å². The highest BCUT2D eigenvalue weighted by atomic mass is 32.2. The van der Waals surface area contributed by atoms with Gasteiger partial charge >= 0.3 is 5.97 Å². The number of nitrogens with one attached hydrogen (secondary N) is 1. The Morgan fingerprint density at radius 1 is 1.23 bits per heavy atom. The van der Waals surface area contributed by atoms with Crippen LogP contribution in [0.2, 0.25) is 0 Å². The average molecular weight is 442 g/mol. The summed E-state index contributed by atoms with van der Waals surface area (Å²) in [6.45, 7) is -0.545. The van der Waals surface area contributed by atoms with E-state index >= 15 is 0 Å². The van der Waals surface area contributed by atoms with Gasteiger partial charge in [-0.25, -0.2) is 13.2 Å². The normalized spacial score (nSPS) is 10.9. The van der Waals surface area contributed by atoms with Gasteiger partial charge in [0.25, 0.3) is 11.6 Å². The van der Waals surface area contributed by atoms with Gasteiger partial charge in [0.05, 0.1) is 21.9 Å². The molecule has 0 aliphatic heterocycles. The van der Waals surface area contributed by atoms with Crippen LogP contribution >= 0.6 is 0 Å². The summed E-state index contributed by atoms with van der Waals surface area (Å²) in [4.78, 5) is 22.3. The zero-order valence-corrected chi connectivity index (χ0v) is 16.5. The minimum absolute atomic E-state index is 0.00121. The Kier molecular flexibility index (Phi) is 6.39. The lowest BCUT2D eigenvalue weighted by Crippen LogP contribution is -2.24. The minimum atomic E-state index is -3.86. The summed E-state index contributed by atoms with van der Waals surface area (Å²) in [6, 6.07) is 10.7. The van der Waals surface area contributed by atoms with E-state index in [1.54, 1.807) is 0 Å². The molecule has 0 amide bonds. The van der Waals surface area contributed by atoms with Crippen molar-refractivity contribution in [2.24, 2.45) is 0 Å². The molecule has 0 bridgehead atoms. The van der Waals surface area contributed by atoms with Gasteiger partial charge in [0.1, 0.15) is 0 Å². The highest BCUT2D eigenvalue weighted by molar-refractivity contribution is 7.89. The van der Waals surface area contributed by atoms with Gasteiger partial charge in [-0.3, -0.25) is 10.1 Å². The number of sulfonamides is 1. The maximum Gasteiger partial charge on any atom is 0.338 e. The van der Waals surface area contributed by atoms with Crippen LogP contribution in [0.3, 0.4) is 0 Å². The van der Waals surface area contributed by atoms with E-state index in [-0.39, 0.29) is 41.1 Å². The number of aromatic nitrogens is 2. The van der Waals surface area contributed by atoms with Crippen molar-refractivity contribution < 1.29 is 27.3 Å². The third kappa shape index (κ3) is 5.30. The fraction of sp³-hybridized carbons (Fsp3) is 0.105. The van der Waals surface area contributed by atoms with Gasteiger partial charge in [-0.05, 0) is 30.3 Å². The molecule has 31 heavy (non-hydrogen) atoms. The van der Waals surface area contributed by atoms with E-state index in [0.29, 0.717) is 5.56 Å². The Morgan fingerprint density at radius 2 is 1.97 bits per heavy atom. The van der Waals surface area contributed by atoms with Crippen molar-refractivity contribution in [1.82, 2.24) is 14.9 Å².